The number of sulfone groups is 1. The van der Waals surface area contributed by atoms with Gasteiger partial charge in [0.2, 0.25) is 0 Å². The SMILES string of the molecule is CC(C)(C)c1ccc(OCC(=O)N(c2ccccc2)[C@H]2CCS(=O)(=O)C2)cc1. The molecule has 1 aliphatic rings. The molecule has 28 heavy (non-hydrogen) atoms. The monoisotopic (exact) mass is 401 g/mol. The van der Waals surface area contributed by atoms with Crippen LogP contribution in [0.3, 0.4) is 0 Å². The molecule has 1 fully saturated rings. The Morgan fingerprint density at radius 1 is 1.07 bits per heavy atom. The highest BCUT2D eigenvalue weighted by molar-refractivity contribution is 7.91. The molecule has 1 aliphatic heterocycles. The first-order valence-electron chi connectivity index (χ1n) is 9.47. The summed E-state index contributed by atoms with van der Waals surface area (Å²) >= 11 is 0. The van der Waals surface area contributed by atoms with Gasteiger partial charge in [0, 0.05) is 5.69 Å². The van der Waals surface area contributed by atoms with Gasteiger partial charge in [-0.25, -0.2) is 8.42 Å². The van der Waals surface area contributed by atoms with E-state index in [0.29, 0.717) is 17.9 Å². The van der Waals surface area contributed by atoms with Gasteiger partial charge in [0.25, 0.3) is 5.91 Å². The predicted octanol–water partition coefficient (Wildman–Crippen LogP) is 3.58. The van der Waals surface area contributed by atoms with Gasteiger partial charge in [-0.3, -0.25) is 4.79 Å². The van der Waals surface area contributed by atoms with Gasteiger partial charge in [0.05, 0.1) is 17.5 Å². The minimum absolute atomic E-state index is 0.00604. The Kier molecular flexibility index (Phi) is 5.79. The van der Waals surface area contributed by atoms with E-state index in [1.54, 1.807) is 4.90 Å². The van der Waals surface area contributed by atoms with Crippen molar-refractivity contribution >= 4 is 21.4 Å². The van der Waals surface area contributed by atoms with E-state index in [1.807, 2.05) is 54.6 Å². The topological polar surface area (TPSA) is 63.7 Å². The molecule has 1 amide bonds. The fraction of sp³-hybridized carbons (Fsp3) is 0.409. The average molecular weight is 402 g/mol. The summed E-state index contributed by atoms with van der Waals surface area (Å²) in [5.41, 5.74) is 1.93. The molecule has 0 aromatic heterocycles. The Hall–Kier alpha value is -2.34. The number of amides is 1. The van der Waals surface area contributed by atoms with Gasteiger partial charge >= 0.3 is 0 Å². The van der Waals surface area contributed by atoms with E-state index in [1.165, 1.54) is 5.56 Å². The number of nitrogens with zero attached hydrogens (tertiary/aromatic N) is 1. The second-order valence-corrected chi connectivity index (χ2v) is 10.4. The number of carbonyl (C=O) groups excluding carboxylic acids is 1. The van der Waals surface area contributed by atoms with E-state index in [2.05, 4.69) is 20.8 Å². The number of para-hydroxylation sites is 1. The predicted molar refractivity (Wildman–Crippen MR) is 112 cm³/mol. The zero-order valence-corrected chi connectivity index (χ0v) is 17.4. The Labute approximate surface area is 167 Å². The van der Waals surface area contributed by atoms with Crippen molar-refractivity contribution in [1.29, 1.82) is 0 Å². The maximum atomic E-state index is 12.9. The zero-order chi connectivity index (χ0) is 20.4. The molecule has 0 spiro atoms. The molecule has 1 saturated heterocycles. The molecule has 5 nitrogen and oxygen atoms in total. The van der Waals surface area contributed by atoms with Crippen molar-refractivity contribution in [2.75, 3.05) is 23.0 Å². The smallest absolute Gasteiger partial charge is 0.265 e. The van der Waals surface area contributed by atoms with Crippen molar-refractivity contribution in [3.05, 3.63) is 60.2 Å². The van der Waals surface area contributed by atoms with Crippen LogP contribution in [0.25, 0.3) is 0 Å². The van der Waals surface area contributed by atoms with E-state index < -0.39 is 9.84 Å². The van der Waals surface area contributed by atoms with Gasteiger partial charge in [-0.15, -0.1) is 0 Å². The molecule has 1 heterocycles. The van der Waals surface area contributed by atoms with Crippen LogP contribution in [0.1, 0.15) is 32.8 Å². The molecule has 1 atom stereocenters. The van der Waals surface area contributed by atoms with Crippen LogP contribution in [0.5, 0.6) is 5.75 Å². The Morgan fingerprint density at radius 2 is 1.71 bits per heavy atom. The molecule has 0 unspecified atom stereocenters. The maximum Gasteiger partial charge on any atom is 0.265 e. The molecule has 0 aliphatic carbocycles. The van der Waals surface area contributed by atoms with E-state index in [0.717, 1.165) is 0 Å². The highest BCUT2D eigenvalue weighted by Gasteiger charge is 2.35. The largest absolute Gasteiger partial charge is 0.484 e. The van der Waals surface area contributed by atoms with Crippen LogP contribution in [0.4, 0.5) is 5.69 Å². The third-order valence-corrected chi connectivity index (χ3v) is 6.71. The van der Waals surface area contributed by atoms with Crippen LogP contribution in [-0.4, -0.2) is 38.5 Å². The maximum absolute atomic E-state index is 12.9. The zero-order valence-electron chi connectivity index (χ0n) is 16.6. The lowest BCUT2D eigenvalue weighted by Gasteiger charge is -2.28. The lowest BCUT2D eigenvalue weighted by molar-refractivity contribution is -0.121. The Balaban J connectivity index is 1.73. The first kappa shape index (κ1) is 20.4. The average Bonchev–Trinajstić information content (AvgIpc) is 3.00. The van der Waals surface area contributed by atoms with Crippen LogP contribution >= 0.6 is 0 Å². The standard InChI is InChI=1S/C22H27NO4S/c1-22(2,3)17-9-11-20(12-10-17)27-15-21(24)23(18-7-5-4-6-8-18)19-13-14-28(25,26)16-19/h4-12,19H,13-16H2,1-3H3/t19-/m0/s1. The molecule has 2 aromatic rings. The lowest BCUT2D eigenvalue weighted by Crippen LogP contribution is -2.43. The van der Waals surface area contributed by atoms with Gasteiger partial charge in [0.15, 0.2) is 16.4 Å². The number of hydrogen-bond acceptors (Lipinski definition) is 4. The summed E-state index contributed by atoms with van der Waals surface area (Å²) in [4.78, 5) is 14.5. The van der Waals surface area contributed by atoms with Gasteiger partial charge in [-0.05, 0) is 41.7 Å². The normalized spacial score (nSPS) is 18.6. The van der Waals surface area contributed by atoms with Crippen LogP contribution in [0, 0.1) is 0 Å². The first-order valence-corrected chi connectivity index (χ1v) is 11.3. The summed E-state index contributed by atoms with van der Waals surface area (Å²) in [6.07, 6.45) is 0.448. The summed E-state index contributed by atoms with van der Waals surface area (Å²) in [6.45, 7) is 6.28. The molecule has 0 radical (unpaired) electrons. The summed E-state index contributed by atoms with van der Waals surface area (Å²) in [5, 5.41) is 0. The molecule has 0 N–H and O–H groups in total. The minimum Gasteiger partial charge on any atom is -0.484 e. The molecule has 0 saturated carbocycles. The van der Waals surface area contributed by atoms with Gasteiger partial charge in [-0.1, -0.05) is 51.1 Å². The number of carbonyl (C=O) groups is 1. The third kappa shape index (κ3) is 4.93. The molecular formula is C22H27NO4S. The number of ether oxygens (including phenoxy) is 1. The van der Waals surface area contributed by atoms with E-state index in [-0.39, 0.29) is 35.5 Å². The summed E-state index contributed by atoms with van der Waals surface area (Å²) in [5.74, 6) is 0.485. The van der Waals surface area contributed by atoms with Gasteiger partial charge < -0.3 is 9.64 Å². The van der Waals surface area contributed by atoms with Gasteiger partial charge in [-0.2, -0.15) is 0 Å². The number of hydrogen-bond donors (Lipinski definition) is 0. The highest BCUT2D eigenvalue weighted by Crippen LogP contribution is 2.26. The van der Waals surface area contributed by atoms with Crippen molar-refractivity contribution in [1.82, 2.24) is 0 Å². The second kappa shape index (κ2) is 7.95. The number of rotatable bonds is 5. The van der Waals surface area contributed by atoms with Crippen LogP contribution < -0.4 is 9.64 Å². The summed E-state index contributed by atoms with van der Waals surface area (Å²) in [6, 6.07) is 16.5. The molecule has 2 aromatic carbocycles. The summed E-state index contributed by atoms with van der Waals surface area (Å²) < 4.78 is 29.6. The highest BCUT2D eigenvalue weighted by atomic mass is 32.2. The fourth-order valence-corrected chi connectivity index (χ4v) is 5.09. The van der Waals surface area contributed by atoms with Crippen LogP contribution in [0.15, 0.2) is 54.6 Å². The molecule has 0 bridgehead atoms. The van der Waals surface area contributed by atoms with Crippen molar-refractivity contribution in [3.8, 4) is 5.75 Å². The number of benzene rings is 2. The minimum atomic E-state index is -3.10. The first-order chi connectivity index (χ1) is 13.2. The van der Waals surface area contributed by atoms with Crippen molar-refractivity contribution in [2.45, 2.75) is 38.6 Å². The number of anilines is 1. The fourth-order valence-electron chi connectivity index (χ4n) is 3.39. The van der Waals surface area contributed by atoms with Crippen LogP contribution in [-0.2, 0) is 20.0 Å². The molecular weight excluding hydrogens is 374 g/mol. The van der Waals surface area contributed by atoms with E-state index >= 15 is 0 Å². The Bertz CT molecular complexity index is 915. The van der Waals surface area contributed by atoms with E-state index in [4.69, 9.17) is 4.74 Å². The van der Waals surface area contributed by atoms with Crippen molar-refractivity contribution in [3.63, 3.8) is 0 Å². The van der Waals surface area contributed by atoms with Crippen molar-refractivity contribution < 1.29 is 17.9 Å². The molecule has 6 heteroatoms. The third-order valence-electron chi connectivity index (χ3n) is 4.96. The summed E-state index contributed by atoms with van der Waals surface area (Å²) in [7, 11) is -3.10. The van der Waals surface area contributed by atoms with Crippen LogP contribution in [0.2, 0.25) is 0 Å². The van der Waals surface area contributed by atoms with E-state index in [9.17, 15) is 13.2 Å². The Morgan fingerprint density at radius 3 is 2.25 bits per heavy atom. The molecule has 150 valence electrons. The van der Waals surface area contributed by atoms with Gasteiger partial charge in [0.1, 0.15) is 5.75 Å². The quantitative estimate of drug-likeness (QED) is 0.768. The molecule has 3 rings (SSSR count). The lowest BCUT2D eigenvalue weighted by atomic mass is 9.87. The van der Waals surface area contributed by atoms with Crippen molar-refractivity contribution in [2.24, 2.45) is 0 Å². The second-order valence-electron chi connectivity index (χ2n) is 8.22.